The first-order valence-electron chi connectivity index (χ1n) is 9.17. The number of nitro groups is 1. The number of aromatic nitrogens is 1. The van der Waals surface area contributed by atoms with E-state index >= 15 is 0 Å². The Balaban J connectivity index is 1.50. The number of aryl methyl sites for hydroxylation is 2. The Morgan fingerprint density at radius 2 is 1.94 bits per heavy atom. The topological polar surface area (TPSA) is 111 Å². The molecule has 3 aromatic rings. The number of benzene rings is 2. The van der Waals surface area contributed by atoms with Crippen molar-refractivity contribution < 1.29 is 19.2 Å². The molecule has 31 heavy (non-hydrogen) atoms. The maximum atomic E-state index is 12.2. The summed E-state index contributed by atoms with van der Waals surface area (Å²) in [4.78, 5) is 40.0. The van der Waals surface area contributed by atoms with Gasteiger partial charge in [-0.15, -0.1) is 23.1 Å². The number of nitro benzene ring substituents is 1. The van der Waals surface area contributed by atoms with Gasteiger partial charge in [0.05, 0.1) is 26.9 Å². The van der Waals surface area contributed by atoms with Crippen LogP contribution in [0.25, 0.3) is 0 Å². The number of carbonyl (C=O) groups is 2. The zero-order chi connectivity index (χ0) is 22.4. The summed E-state index contributed by atoms with van der Waals surface area (Å²) in [6.07, 6.45) is 0. The minimum Gasteiger partial charge on any atom is -0.452 e. The van der Waals surface area contributed by atoms with Crippen LogP contribution < -0.4 is 5.32 Å². The monoisotopic (exact) mass is 457 g/mol. The van der Waals surface area contributed by atoms with Gasteiger partial charge in [0.15, 0.2) is 6.61 Å². The van der Waals surface area contributed by atoms with Crippen molar-refractivity contribution in [3.05, 3.63) is 79.8 Å². The molecule has 0 saturated carbocycles. The summed E-state index contributed by atoms with van der Waals surface area (Å²) < 4.78 is 5.05. The number of thioether (sulfide) groups is 1. The van der Waals surface area contributed by atoms with E-state index in [1.165, 1.54) is 18.2 Å². The second-order valence-electron chi connectivity index (χ2n) is 6.55. The summed E-state index contributed by atoms with van der Waals surface area (Å²) in [5, 5.41) is 16.5. The lowest BCUT2D eigenvalue weighted by atomic mass is 10.2. The molecule has 1 heterocycles. The van der Waals surface area contributed by atoms with Crippen molar-refractivity contribution in [1.82, 2.24) is 4.98 Å². The highest BCUT2D eigenvalue weighted by Crippen LogP contribution is 2.24. The quantitative estimate of drug-likeness (QED) is 0.225. The molecule has 1 amide bonds. The normalized spacial score (nSPS) is 10.5. The fourth-order valence-electron chi connectivity index (χ4n) is 2.58. The van der Waals surface area contributed by atoms with Crippen LogP contribution in [0.5, 0.6) is 0 Å². The second-order valence-corrected chi connectivity index (χ2v) is 8.66. The summed E-state index contributed by atoms with van der Waals surface area (Å²) in [6, 6.07) is 11.1. The van der Waals surface area contributed by atoms with Gasteiger partial charge in [0.1, 0.15) is 0 Å². The smallest absolute Gasteiger partial charge is 0.338 e. The van der Waals surface area contributed by atoms with Crippen LogP contribution in [0.1, 0.15) is 26.6 Å². The van der Waals surface area contributed by atoms with E-state index in [0.717, 1.165) is 21.3 Å². The van der Waals surface area contributed by atoms with Crippen molar-refractivity contribution >= 4 is 46.3 Å². The molecule has 10 heteroatoms. The third kappa shape index (κ3) is 6.37. The third-order valence-corrected chi connectivity index (χ3v) is 6.05. The van der Waals surface area contributed by atoms with Crippen molar-refractivity contribution in [2.24, 2.45) is 0 Å². The van der Waals surface area contributed by atoms with Crippen molar-refractivity contribution in [1.29, 1.82) is 0 Å². The zero-order valence-electron chi connectivity index (χ0n) is 16.8. The SMILES string of the molecule is Cc1nc(CSc2ccc(C(=O)OCC(=O)Nc3cc([N+](=O)[O-])ccc3C)cc2)cs1. The minimum absolute atomic E-state index is 0.138. The van der Waals surface area contributed by atoms with Crippen LogP contribution in [0.2, 0.25) is 0 Å². The average Bonchev–Trinajstić information content (AvgIpc) is 3.17. The molecule has 1 N–H and O–H groups in total. The van der Waals surface area contributed by atoms with E-state index in [0.29, 0.717) is 16.8 Å². The molecule has 8 nitrogen and oxygen atoms in total. The standard InChI is InChI=1S/C21H19N3O5S2/c1-13-3-6-17(24(27)28)9-19(13)23-20(25)10-29-21(26)15-4-7-18(8-5-15)31-12-16-11-30-14(2)22-16/h3-9,11H,10,12H2,1-2H3,(H,23,25). The molecule has 3 rings (SSSR count). The zero-order valence-corrected chi connectivity index (χ0v) is 18.4. The number of thiazole rings is 1. The Bertz CT molecular complexity index is 1110. The number of ether oxygens (including phenoxy) is 1. The molecule has 0 atom stereocenters. The predicted octanol–water partition coefficient (Wildman–Crippen LogP) is 4.76. The molecule has 0 saturated heterocycles. The molecule has 0 spiro atoms. The Morgan fingerprint density at radius 1 is 1.19 bits per heavy atom. The lowest BCUT2D eigenvalue weighted by Crippen LogP contribution is -2.21. The van der Waals surface area contributed by atoms with Gasteiger partial charge in [0.25, 0.3) is 11.6 Å². The summed E-state index contributed by atoms with van der Waals surface area (Å²) in [5.74, 6) is -0.467. The van der Waals surface area contributed by atoms with E-state index in [1.54, 1.807) is 42.2 Å². The highest BCUT2D eigenvalue weighted by molar-refractivity contribution is 7.98. The number of esters is 1. The first-order chi connectivity index (χ1) is 14.8. The third-order valence-electron chi connectivity index (χ3n) is 4.18. The number of anilines is 1. The summed E-state index contributed by atoms with van der Waals surface area (Å²) in [6.45, 7) is 3.17. The molecular weight excluding hydrogens is 438 g/mol. The van der Waals surface area contributed by atoms with E-state index in [9.17, 15) is 19.7 Å². The van der Waals surface area contributed by atoms with Crippen molar-refractivity contribution in [2.45, 2.75) is 24.5 Å². The van der Waals surface area contributed by atoms with Gasteiger partial charge in [0.2, 0.25) is 0 Å². The molecule has 0 radical (unpaired) electrons. The number of carbonyl (C=O) groups excluding carboxylic acids is 2. The highest BCUT2D eigenvalue weighted by Gasteiger charge is 2.14. The van der Waals surface area contributed by atoms with Gasteiger partial charge in [-0.05, 0) is 43.7 Å². The number of nitrogens with one attached hydrogen (secondary N) is 1. The van der Waals surface area contributed by atoms with Gasteiger partial charge >= 0.3 is 5.97 Å². The van der Waals surface area contributed by atoms with Crippen LogP contribution in [-0.4, -0.2) is 28.4 Å². The van der Waals surface area contributed by atoms with Crippen LogP contribution in [0.4, 0.5) is 11.4 Å². The van der Waals surface area contributed by atoms with Gasteiger partial charge in [-0.1, -0.05) is 6.07 Å². The molecular formula is C21H19N3O5S2. The van der Waals surface area contributed by atoms with Crippen molar-refractivity contribution in [2.75, 3.05) is 11.9 Å². The lowest BCUT2D eigenvalue weighted by Gasteiger charge is -2.09. The van der Waals surface area contributed by atoms with Gasteiger partial charge < -0.3 is 10.1 Å². The second kappa shape index (κ2) is 10.2. The van der Waals surface area contributed by atoms with Crippen LogP contribution >= 0.6 is 23.1 Å². The van der Waals surface area contributed by atoms with Gasteiger partial charge in [-0.3, -0.25) is 14.9 Å². The maximum Gasteiger partial charge on any atom is 0.338 e. The van der Waals surface area contributed by atoms with Crippen LogP contribution in [0.3, 0.4) is 0 Å². The van der Waals surface area contributed by atoms with Crippen LogP contribution in [0.15, 0.2) is 52.7 Å². The fraction of sp³-hybridized carbons (Fsp3) is 0.190. The number of non-ortho nitro benzene ring substituents is 1. The molecule has 0 aliphatic carbocycles. The number of hydrogen-bond donors (Lipinski definition) is 1. The summed E-state index contributed by atoms with van der Waals surface area (Å²) >= 11 is 3.22. The molecule has 1 aromatic heterocycles. The van der Waals surface area contributed by atoms with Gasteiger partial charge in [-0.25, -0.2) is 9.78 Å². The fourth-order valence-corrected chi connectivity index (χ4v) is 4.09. The molecule has 2 aromatic carbocycles. The van der Waals surface area contributed by atoms with Gasteiger partial charge in [-0.2, -0.15) is 0 Å². The Kier molecular flexibility index (Phi) is 7.37. The predicted molar refractivity (Wildman–Crippen MR) is 120 cm³/mol. The molecule has 0 bridgehead atoms. The van der Waals surface area contributed by atoms with E-state index in [-0.39, 0.29) is 5.69 Å². The Labute approximate surface area is 186 Å². The maximum absolute atomic E-state index is 12.2. The van der Waals surface area contributed by atoms with Crippen molar-refractivity contribution in [3.63, 3.8) is 0 Å². The largest absolute Gasteiger partial charge is 0.452 e. The van der Waals surface area contributed by atoms with Crippen molar-refractivity contribution in [3.8, 4) is 0 Å². The Hall–Kier alpha value is -3.24. The molecule has 0 unspecified atom stereocenters. The van der Waals surface area contributed by atoms with Crippen LogP contribution in [-0.2, 0) is 15.3 Å². The first kappa shape index (κ1) is 22.4. The number of hydrogen-bond acceptors (Lipinski definition) is 8. The Morgan fingerprint density at radius 3 is 2.58 bits per heavy atom. The molecule has 0 fully saturated rings. The van der Waals surface area contributed by atoms with E-state index < -0.39 is 23.4 Å². The molecule has 160 valence electrons. The van der Waals surface area contributed by atoms with E-state index in [1.807, 2.05) is 24.4 Å². The lowest BCUT2D eigenvalue weighted by molar-refractivity contribution is -0.384. The molecule has 0 aliphatic heterocycles. The number of amides is 1. The first-order valence-corrected chi connectivity index (χ1v) is 11.0. The van der Waals surface area contributed by atoms with Gasteiger partial charge in [0, 0.05) is 28.2 Å². The number of rotatable bonds is 8. The van der Waals surface area contributed by atoms with E-state index in [4.69, 9.17) is 4.74 Å². The summed E-state index contributed by atoms with van der Waals surface area (Å²) in [5.41, 5.74) is 2.16. The summed E-state index contributed by atoms with van der Waals surface area (Å²) in [7, 11) is 0. The number of nitrogens with zero attached hydrogens (tertiary/aromatic N) is 2. The minimum atomic E-state index is -0.627. The highest BCUT2D eigenvalue weighted by atomic mass is 32.2. The average molecular weight is 458 g/mol. The van der Waals surface area contributed by atoms with Crippen LogP contribution in [0, 0.1) is 24.0 Å². The molecule has 0 aliphatic rings. The van der Waals surface area contributed by atoms with E-state index in [2.05, 4.69) is 10.3 Å².